The molecule has 0 aromatic carbocycles. The van der Waals surface area contributed by atoms with Gasteiger partial charge in [0.25, 0.3) is 0 Å². The van der Waals surface area contributed by atoms with Crippen molar-refractivity contribution in [3.63, 3.8) is 0 Å². The molecule has 7 nitrogen and oxygen atoms in total. The highest BCUT2D eigenvalue weighted by molar-refractivity contribution is 5.09. The number of nitro groups is 1. The molecule has 0 saturated carbocycles. The lowest BCUT2D eigenvalue weighted by molar-refractivity contribution is -0.406. The van der Waals surface area contributed by atoms with Crippen LogP contribution in [-0.2, 0) is 0 Å². The van der Waals surface area contributed by atoms with Crippen LogP contribution in [0, 0.1) is 10.1 Å². The Morgan fingerprint density at radius 3 is 2.56 bits per heavy atom. The molecule has 1 rings (SSSR count). The first kappa shape index (κ1) is 5.48. The molecule has 0 unspecified atom stereocenters. The van der Waals surface area contributed by atoms with Crippen molar-refractivity contribution in [3.05, 3.63) is 10.1 Å². The summed E-state index contributed by atoms with van der Waals surface area (Å²) in [6.45, 7) is 0. The predicted octanol–water partition coefficient (Wildman–Crippen LogP) is -0.440. The highest BCUT2D eigenvalue weighted by atomic mass is 16.7. The van der Waals surface area contributed by atoms with E-state index < -0.39 is 10.9 Å². The second-order valence-corrected chi connectivity index (χ2v) is 1.18. The average molecular weight is 130 g/mol. The van der Waals surface area contributed by atoms with Gasteiger partial charge in [0.1, 0.15) is 5.10 Å². The van der Waals surface area contributed by atoms with Crippen LogP contribution in [0.25, 0.3) is 0 Å². The van der Waals surface area contributed by atoms with E-state index in [-0.39, 0.29) is 6.01 Å². The molecule has 9 heavy (non-hydrogen) atoms. The third-order valence-corrected chi connectivity index (χ3v) is 0.586. The molecule has 2 N–H and O–H groups in total. The second-order valence-electron chi connectivity index (χ2n) is 1.18. The van der Waals surface area contributed by atoms with Gasteiger partial charge in [-0.25, -0.2) is 0 Å². The Morgan fingerprint density at radius 2 is 2.33 bits per heavy atom. The van der Waals surface area contributed by atoms with Gasteiger partial charge in [-0.15, -0.1) is 0 Å². The number of aromatic nitrogens is 2. The molecular weight excluding hydrogens is 128 g/mol. The smallest absolute Gasteiger partial charge is 0.355 e. The molecule has 1 aromatic heterocycles. The van der Waals surface area contributed by atoms with Crippen LogP contribution in [0.3, 0.4) is 0 Å². The van der Waals surface area contributed by atoms with Gasteiger partial charge in [-0.2, -0.15) is 0 Å². The Hall–Kier alpha value is -1.66. The van der Waals surface area contributed by atoms with Crippen LogP contribution in [-0.4, -0.2) is 15.1 Å². The Labute approximate surface area is 48.6 Å². The lowest BCUT2D eigenvalue weighted by atomic mass is 11.2. The molecule has 48 valence electrons. The predicted molar refractivity (Wildman–Crippen MR) is 25.4 cm³/mol. The fourth-order valence-electron chi connectivity index (χ4n) is 0.300. The van der Waals surface area contributed by atoms with Crippen molar-refractivity contribution in [1.82, 2.24) is 10.2 Å². The highest BCUT2D eigenvalue weighted by Gasteiger charge is 2.14. The summed E-state index contributed by atoms with van der Waals surface area (Å²) in [6, 6.07) is -0.991. The topological polar surface area (TPSA) is 108 Å². The van der Waals surface area contributed by atoms with Gasteiger partial charge in [0.2, 0.25) is 0 Å². The fraction of sp³-hybridized carbons (Fsp3) is 0. The Bertz CT molecular complexity index is 229. The molecule has 0 spiro atoms. The van der Waals surface area contributed by atoms with E-state index in [0.717, 1.165) is 0 Å². The summed E-state index contributed by atoms with van der Waals surface area (Å²) in [5.74, 6) is 0. The summed E-state index contributed by atoms with van der Waals surface area (Å²) in [5, 5.41) is 15.8. The molecule has 7 heteroatoms. The summed E-state index contributed by atoms with van der Waals surface area (Å²) in [5.41, 5.74) is 4.87. The van der Waals surface area contributed by atoms with E-state index in [9.17, 15) is 10.1 Å². The second kappa shape index (κ2) is 1.69. The average Bonchev–Trinajstić information content (AvgIpc) is 2.14. The normalized spacial score (nSPS) is 9.33. The van der Waals surface area contributed by atoms with Gasteiger partial charge in [-0.05, 0) is 0 Å². The monoisotopic (exact) mass is 130 g/mol. The SMILES string of the molecule is Nc1nnc([N+](=O)[O-])o1. The van der Waals surface area contributed by atoms with Crippen LogP contribution in [0.1, 0.15) is 0 Å². The maximum absolute atomic E-state index is 9.77. The van der Waals surface area contributed by atoms with Gasteiger partial charge < -0.3 is 20.3 Å². The van der Waals surface area contributed by atoms with E-state index in [1.807, 2.05) is 0 Å². The van der Waals surface area contributed by atoms with Crippen LogP contribution in [0.4, 0.5) is 12.0 Å². The number of nitrogens with zero attached hydrogens (tertiary/aromatic N) is 3. The quantitative estimate of drug-likeness (QED) is 0.407. The Morgan fingerprint density at radius 1 is 1.67 bits per heavy atom. The summed E-state index contributed by atoms with van der Waals surface area (Å²) >= 11 is 0. The van der Waals surface area contributed by atoms with E-state index >= 15 is 0 Å². The van der Waals surface area contributed by atoms with Gasteiger partial charge in [0.05, 0.1) is 0 Å². The number of nitrogen functional groups attached to an aromatic ring is 1. The molecule has 0 bridgehead atoms. The van der Waals surface area contributed by atoms with E-state index in [2.05, 4.69) is 14.6 Å². The largest absolute Gasteiger partial charge is 0.573 e. The molecule has 1 aromatic rings. The standard InChI is InChI=1S/C2H2N4O3/c3-1-4-5-2(9-1)6(7)8/h(H2,3,4). The third-order valence-electron chi connectivity index (χ3n) is 0.586. The number of hydrogen-bond donors (Lipinski definition) is 1. The molecule has 0 aliphatic heterocycles. The summed E-state index contributed by atoms with van der Waals surface area (Å²) < 4.78 is 4.20. The van der Waals surface area contributed by atoms with Crippen molar-refractivity contribution in [2.24, 2.45) is 0 Å². The molecule has 0 amide bonds. The zero-order valence-electron chi connectivity index (χ0n) is 4.14. The van der Waals surface area contributed by atoms with Gasteiger partial charge >= 0.3 is 12.0 Å². The van der Waals surface area contributed by atoms with E-state index in [0.29, 0.717) is 0 Å². The minimum Gasteiger partial charge on any atom is -0.355 e. The maximum Gasteiger partial charge on any atom is 0.573 e. The highest BCUT2D eigenvalue weighted by Crippen LogP contribution is 2.07. The van der Waals surface area contributed by atoms with Crippen LogP contribution in [0.15, 0.2) is 4.42 Å². The minimum atomic E-state index is -0.816. The third kappa shape index (κ3) is 0.929. The van der Waals surface area contributed by atoms with Crippen molar-refractivity contribution < 1.29 is 9.34 Å². The van der Waals surface area contributed by atoms with Crippen LogP contribution in [0.5, 0.6) is 0 Å². The summed E-state index contributed by atoms with van der Waals surface area (Å²) in [6.07, 6.45) is 0. The lowest BCUT2D eigenvalue weighted by Crippen LogP contribution is -1.86. The first-order valence-corrected chi connectivity index (χ1v) is 1.93. The minimum absolute atomic E-state index is 0.304. The molecule has 1 heterocycles. The zero-order valence-corrected chi connectivity index (χ0v) is 4.14. The number of nitrogens with two attached hydrogens (primary N) is 1. The molecular formula is C2H2N4O3. The molecule has 0 aliphatic carbocycles. The van der Waals surface area contributed by atoms with Gasteiger partial charge in [-0.3, -0.25) is 0 Å². The fourth-order valence-corrected chi connectivity index (χ4v) is 0.300. The number of hydrogen-bond acceptors (Lipinski definition) is 6. The van der Waals surface area contributed by atoms with Crippen molar-refractivity contribution >= 4 is 12.0 Å². The van der Waals surface area contributed by atoms with Crippen molar-refractivity contribution in [2.75, 3.05) is 5.73 Å². The Balaban J connectivity index is 2.98. The Kier molecular flexibility index (Phi) is 1.03. The first-order valence-electron chi connectivity index (χ1n) is 1.93. The van der Waals surface area contributed by atoms with Gasteiger partial charge in [0.15, 0.2) is 0 Å². The van der Waals surface area contributed by atoms with Gasteiger partial charge in [0, 0.05) is 10.0 Å². The van der Waals surface area contributed by atoms with Crippen LogP contribution >= 0.6 is 0 Å². The molecule has 0 atom stereocenters. The van der Waals surface area contributed by atoms with E-state index in [4.69, 9.17) is 5.73 Å². The molecule has 0 radical (unpaired) electrons. The van der Waals surface area contributed by atoms with Crippen molar-refractivity contribution in [3.8, 4) is 0 Å². The van der Waals surface area contributed by atoms with Crippen LogP contribution in [0.2, 0.25) is 0 Å². The lowest BCUT2D eigenvalue weighted by Gasteiger charge is -1.79. The zero-order chi connectivity index (χ0) is 6.85. The number of rotatable bonds is 1. The number of anilines is 1. The molecule has 0 fully saturated rings. The van der Waals surface area contributed by atoms with E-state index in [1.54, 1.807) is 0 Å². The molecule has 0 saturated heterocycles. The summed E-state index contributed by atoms with van der Waals surface area (Å²) in [4.78, 5) is 8.95. The molecule has 0 aliphatic rings. The maximum atomic E-state index is 9.77. The first-order chi connectivity index (χ1) is 4.20. The van der Waals surface area contributed by atoms with Crippen molar-refractivity contribution in [1.29, 1.82) is 0 Å². The van der Waals surface area contributed by atoms with Gasteiger partial charge in [-0.1, -0.05) is 0 Å². The van der Waals surface area contributed by atoms with Crippen molar-refractivity contribution in [2.45, 2.75) is 0 Å². The van der Waals surface area contributed by atoms with Crippen LogP contribution < -0.4 is 5.73 Å². The van der Waals surface area contributed by atoms with E-state index in [1.165, 1.54) is 0 Å². The summed E-state index contributed by atoms with van der Waals surface area (Å²) in [7, 11) is 0.